The number of aromatic hydroxyl groups is 1. The first kappa shape index (κ1) is 18.0. The van der Waals surface area contributed by atoms with Gasteiger partial charge in [0.1, 0.15) is 5.75 Å². The molecule has 2 rings (SSSR count). The molecule has 1 saturated heterocycles. The molecule has 24 heavy (non-hydrogen) atoms. The fraction of sp³-hybridized carbons (Fsp3) is 0.500. The number of quaternary nitrogens is 1. The second kappa shape index (κ2) is 7.50. The predicted molar refractivity (Wildman–Crippen MR) is 91.0 cm³/mol. The van der Waals surface area contributed by atoms with Crippen LogP contribution in [0.4, 0.5) is 16.2 Å². The van der Waals surface area contributed by atoms with E-state index < -0.39 is 6.09 Å². The van der Waals surface area contributed by atoms with E-state index in [0.29, 0.717) is 22.4 Å². The van der Waals surface area contributed by atoms with Gasteiger partial charge in [-0.3, -0.25) is 15.0 Å². The topological polar surface area (TPSA) is 90.9 Å². The number of hydrogen-bond donors (Lipinski definition) is 3. The Hall–Kier alpha value is -2.32. The molecular formula is C16H25N4O4+. The highest BCUT2D eigenvalue weighted by molar-refractivity contribution is 5.94. The lowest BCUT2D eigenvalue weighted by Crippen LogP contribution is -2.58. The monoisotopic (exact) mass is 337 g/mol. The summed E-state index contributed by atoms with van der Waals surface area (Å²) in [6, 6.07) is 4.49. The summed E-state index contributed by atoms with van der Waals surface area (Å²) >= 11 is 0. The van der Waals surface area contributed by atoms with Crippen molar-refractivity contribution in [3.05, 3.63) is 18.2 Å². The number of amides is 2. The number of carbonyl (C=O) groups is 2. The fourth-order valence-corrected chi connectivity index (χ4v) is 2.63. The third-order valence-corrected chi connectivity index (χ3v) is 4.27. The lowest BCUT2D eigenvalue weighted by atomic mass is 10.2. The molecule has 0 aromatic heterocycles. The van der Waals surface area contributed by atoms with Crippen molar-refractivity contribution in [3.63, 3.8) is 0 Å². The molecule has 0 atom stereocenters. The normalized spacial score (nSPS) is 17.1. The van der Waals surface area contributed by atoms with Crippen molar-refractivity contribution >= 4 is 23.4 Å². The summed E-state index contributed by atoms with van der Waals surface area (Å²) < 4.78 is 5.16. The molecular weight excluding hydrogens is 312 g/mol. The summed E-state index contributed by atoms with van der Waals surface area (Å²) in [6.07, 6.45) is -0.626. The second-order valence-electron chi connectivity index (χ2n) is 6.42. The molecule has 0 radical (unpaired) electrons. The number of ether oxygens (including phenoxy) is 1. The summed E-state index contributed by atoms with van der Waals surface area (Å²) in [4.78, 5) is 25.7. The van der Waals surface area contributed by atoms with Crippen molar-refractivity contribution in [2.24, 2.45) is 0 Å². The van der Waals surface area contributed by atoms with Gasteiger partial charge in [0.2, 0.25) is 0 Å². The van der Waals surface area contributed by atoms with Crippen LogP contribution >= 0.6 is 0 Å². The molecule has 1 aliphatic heterocycles. The Bertz CT molecular complexity index is 612. The number of anilines is 2. The third-order valence-electron chi connectivity index (χ3n) is 4.27. The average Bonchev–Trinajstić information content (AvgIpc) is 2.53. The lowest BCUT2D eigenvalue weighted by Gasteiger charge is -2.40. The highest BCUT2D eigenvalue weighted by Crippen LogP contribution is 2.27. The molecule has 2 amide bonds. The van der Waals surface area contributed by atoms with Gasteiger partial charge >= 0.3 is 6.09 Å². The molecule has 1 aromatic rings. The second-order valence-corrected chi connectivity index (χ2v) is 6.42. The standard InChI is InChI=1S/C16H24N4O4/c1-19-6-8-20(2,9-7-19)11-15(22)18-13-5-4-12(10-14(13)21)17-16(23)24-3/h4-5,10H,6-9,11H2,1-3H3,(H2-,17,18,21,22,23)/p+1. The van der Waals surface area contributed by atoms with Crippen molar-refractivity contribution in [1.29, 1.82) is 0 Å². The Morgan fingerprint density at radius 3 is 2.54 bits per heavy atom. The maximum absolute atomic E-state index is 12.3. The minimum atomic E-state index is -0.626. The van der Waals surface area contributed by atoms with Crippen LogP contribution in [0.15, 0.2) is 18.2 Å². The van der Waals surface area contributed by atoms with E-state index in [1.807, 2.05) is 0 Å². The van der Waals surface area contributed by atoms with E-state index in [1.54, 1.807) is 12.1 Å². The molecule has 0 unspecified atom stereocenters. The first-order chi connectivity index (χ1) is 11.3. The number of nitrogens with zero attached hydrogens (tertiary/aromatic N) is 2. The molecule has 3 N–H and O–H groups in total. The van der Waals surface area contributed by atoms with Crippen LogP contribution in [0, 0.1) is 0 Å². The van der Waals surface area contributed by atoms with E-state index in [2.05, 4.69) is 34.4 Å². The van der Waals surface area contributed by atoms with E-state index in [4.69, 9.17) is 0 Å². The lowest BCUT2D eigenvalue weighted by molar-refractivity contribution is -0.905. The molecule has 0 saturated carbocycles. The van der Waals surface area contributed by atoms with E-state index in [0.717, 1.165) is 26.2 Å². The number of rotatable bonds is 4. The summed E-state index contributed by atoms with van der Waals surface area (Å²) in [6.45, 7) is 4.11. The SMILES string of the molecule is COC(=O)Nc1ccc(NC(=O)C[N+]2(C)CCN(C)CC2)c(O)c1. The molecule has 8 heteroatoms. The quantitative estimate of drug-likeness (QED) is 0.561. The number of likely N-dealkylation sites (N-methyl/N-ethyl adjacent to an activating group) is 2. The van der Waals surface area contributed by atoms with Crippen molar-refractivity contribution in [1.82, 2.24) is 4.90 Å². The van der Waals surface area contributed by atoms with Gasteiger partial charge in [0, 0.05) is 24.8 Å². The molecule has 1 aliphatic rings. The zero-order valence-electron chi connectivity index (χ0n) is 14.3. The maximum atomic E-state index is 12.3. The summed E-state index contributed by atoms with van der Waals surface area (Å²) in [5, 5.41) is 15.2. The van der Waals surface area contributed by atoms with Crippen molar-refractivity contribution in [2.45, 2.75) is 0 Å². The number of carbonyl (C=O) groups excluding carboxylic acids is 2. The fourth-order valence-electron chi connectivity index (χ4n) is 2.63. The Labute approximate surface area is 141 Å². The summed E-state index contributed by atoms with van der Waals surface area (Å²) in [5.41, 5.74) is 0.701. The van der Waals surface area contributed by atoms with Gasteiger partial charge in [0.25, 0.3) is 5.91 Å². The number of piperazine rings is 1. The van der Waals surface area contributed by atoms with E-state index in [1.165, 1.54) is 13.2 Å². The number of nitrogens with one attached hydrogen (secondary N) is 2. The third kappa shape index (κ3) is 4.84. The van der Waals surface area contributed by atoms with Crippen LogP contribution in [0.25, 0.3) is 0 Å². The van der Waals surface area contributed by atoms with Gasteiger partial charge in [-0.2, -0.15) is 0 Å². The highest BCUT2D eigenvalue weighted by Gasteiger charge is 2.29. The Morgan fingerprint density at radius 2 is 1.96 bits per heavy atom. The van der Waals surface area contributed by atoms with Gasteiger partial charge in [0.05, 0.1) is 32.9 Å². The van der Waals surface area contributed by atoms with Gasteiger partial charge in [-0.15, -0.1) is 0 Å². The minimum Gasteiger partial charge on any atom is -0.506 e. The Balaban J connectivity index is 1.95. The molecule has 0 bridgehead atoms. The van der Waals surface area contributed by atoms with Gasteiger partial charge < -0.3 is 19.6 Å². The van der Waals surface area contributed by atoms with Gasteiger partial charge in [0.15, 0.2) is 6.54 Å². The van der Waals surface area contributed by atoms with Crippen molar-refractivity contribution in [3.8, 4) is 5.75 Å². The number of phenols is 1. The molecule has 0 aliphatic carbocycles. The van der Waals surface area contributed by atoms with Gasteiger partial charge in [-0.25, -0.2) is 4.79 Å². The van der Waals surface area contributed by atoms with Gasteiger partial charge in [-0.05, 0) is 19.2 Å². The molecule has 132 valence electrons. The van der Waals surface area contributed by atoms with Gasteiger partial charge in [-0.1, -0.05) is 0 Å². The van der Waals surface area contributed by atoms with Crippen LogP contribution in [-0.2, 0) is 9.53 Å². The van der Waals surface area contributed by atoms with Crippen LogP contribution in [-0.4, -0.2) is 80.4 Å². The van der Waals surface area contributed by atoms with Crippen molar-refractivity contribution in [2.75, 3.05) is 64.6 Å². The molecule has 0 spiro atoms. The Morgan fingerprint density at radius 1 is 1.29 bits per heavy atom. The summed E-state index contributed by atoms with van der Waals surface area (Å²) in [7, 11) is 5.40. The van der Waals surface area contributed by atoms with E-state index >= 15 is 0 Å². The van der Waals surface area contributed by atoms with Crippen LogP contribution < -0.4 is 10.6 Å². The number of benzene rings is 1. The zero-order valence-corrected chi connectivity index (χ0v) is 14.3. The zero-order chi connectivity index (χ0) is 17.7. The van der Waals surface area contributed by atoms with Crippen LogP contribution in [0.5, 0.6) is 5.75 Å². The number of hydrogen-bond acceptors (Lipinski definition) is 5. The number of methoxy groups -OCH3 is 1. The van der Waals surface area contributed by atoms with Crippen LogP contribution in [0.3, 0.4) is 0 Å². The minimum absolute atomic E-state index is 0.113. The van der Waals surface area contributed by atoms with E-state index in [-0.39, 0.29) is 11.7 Å². The predicted octanol–water partition coefficient (Wildman–Crippen LogP) is 0.901. The molecule has 1 heterocycles. The molecule has 8 nitrogen and oxygen atoms in total. The first-order valence-corrected chi connectivity index (χ1v) is 7.81. The van der Waals surface area contributed by atoms with Crippen molar-refractivity contribution < 1.29 is 23.9 Å². The van der Waals surface area contributed by atoms with Crippen LogP contribution in [0.1, 0.15) is 0 Å². The molecule has 1 aromatic carbocycles. The summed E-state index contributed by atoms with van der Waals surface area (Å²) in [5.74, 6) is -0.260. The maximum Gasteiger partial charge on any atom is 0.411 e. The first-order valence-electron chi connectivity index (χ1n) is 7.81. The largest absolute Gasteiger partial charge is 0.506 e. The van der Waals surface area contributed by atoms with E-state index in [9.17, 15) is 14.7 Å². The average molecular weight is 337 g/mol. The smallest absolute Gasteiger partial charge is 0.411 e. The number of phenolic OH excluding ortho intramolecular Hbond substituents is 1. The van der Waals surface area contributed by atoms with Crippen LogP contribution in [0.2, 0.25) is 0 Å². The Kier molecular flexibility index (Phi) is 5.63. The highest BCUT2D eigenvalue weighted by atomic mass is 16.5. The molecule has 1 fully saturated rings.